The molecule has 3 heteroatoms. The van der Waals surface area contributed by atoms with Crippen LogP contribution in [0.5, 0.6) is 0 Å². The first-order chi connectivity index (χ1) is 3.92. The number of hydrogen-bond donors (Lipinski definition) is 1. The van der Waals surface area contributed by atoms with E-state index in [1.165, 1.54) is 0 Å². The minimum atomic E-state index is -1.38. The molecule has 0 radical (unpaired) electrons. The zero-order valence-corrected chi connectivity index (χ0v) is 7.64. The van der Waals surface area contributed by atoms with Crippen LogP contribution in [0, 0.1) is 0 Å². The molecule has 0 aliphatic rings. The summed E-state index contributed by atoms with van der Waals surface area (Å²) in [6, 6.07) is 0. The molecule has 2 nitrogen and oxygen atoms in total. The molecule has 0 saturated heterocycles. The lowest BCUT2D eigenvalue weighted by molar-refractivity contribution is 0.119. The Bertz CT molecular complexity index is 77.1. The van der Waals surface area contributed by atoms with Gasteiger partial charge in [-0.3, -0.25) is 0 Å². The summed E-state index contributed by atoms with van der Waals surface area (Å²) in [4.78, 5) is 0. The van der Waals surface area contributed by atoms with Gasteiger partial charge >= 0.3 is 0 Å². The third kappa shape index (κ3) is 22.5. The summed E-state index contributed by atoms with van der Waals surface area (Å²) in [5, 5.41) is 8.81. The van der Waals surface area contributed by atoms with Gasteiger partial charge in [0.2, 0.25) is 0 Å². The molecule has 12 heavy (non-hydrogen) atoms. The van der Waals surface area contributed by atoms with Gasteiger partial charge in [0.25, 0.3) is 0 Å². The maximum Gasteiger partial charge on any atom is 0.183 e. The minimum Gasteiger partial charge on any atom is -0.415 e. The Balaban J connectivity index is -0.000000107. The average Bonchev–Trinajstić information content (AvgIpc) is 1.59. The lowest BCUT2D eigenvalue weighted by atomic mass is 10.5. The van der Waals surface area contributed by atoms with Crippen molar-refractivity contribution in [2.45, 2.75) is 54.9 Å². The van der Waals surface area contributed by atoms with Crippen molar-refractivity contribution >= 4 is 8.32 Å². The Morgan fingerprint density at radius 2 is 1.50 bits per heavy atom. The van der Waals surface area contributed by atoms with Crippen molar-refractivity contribution in [2.75, 3.05) is 6.61 Å². The van der Waals surface area contributed by atoms with Crippen LogP contribution in [0.3, 0.4) is 0 Å². The van der Waals surface area contributed by atoms with Crippen LogP contribution in [0.4, 0.5) is 0 Å². The van der Waals surface area contributed by atoms with E-state index in [0.717, 1.165) is 0 Å². The average molecular weight is 196 g/mol. The van der Waals surface area contributed by atoms with E-state index in [9.17, 15) is 0 Å². The van der Waals surface area contributed by atoms with Gasteiger partial charge < -0.3 is 9.53 Å². The van der Waals surface area contributed by atoms with Gasteiger partial charge in [-0.15, -0.1) is 0 Å². The van der Waals surface area contributed by atoms with Crippen LogP contribution in [-0.2, 0) is 4.43 Å². The van der Waals surface area contributed by atoms with Gasteiger partial charge in [0, 0.05) is 0 Å². The van der Waals surface area contributed by atoms with E-state index < -0.39 is 8.32 Å². The molecule has 1 unspecified atom stereocenters. The lowest BCUT2D eigenvalue weighted by Gasteiger charge is -2.17. The van der Waals surface area contributed by atoms with Gasteiger partial charge in [0.15, 0.2) is 8.32 Å². The molecule has 0 spiro atoms. The Labute approximate surface area is 80.1 Å². The molecule has 0 aromatic rings. The van der Waals surface area contributed by atoms with Crippen molar-refractivity contribution in [3.63, 3.8) is 0 Å². The summed E-state index contributed by atoms with van der Waals surface area (Å²) in [6.45, 7) is 8.54. The van der Waals surface area contributed by atoms with Crippen molar-refractivity contribution in [2.24, 2.45) is 0 Å². The first-order valence-electron chi connectivity index (χ1n) is 3.24. The molecule has 0 saturated carbocycles. The lowest BCUT2D eigenvalue weighted by Crippen LogP contribution is -2.29. The van der Waals surface area contributed by atoms with E-state index in [1.807, 2.05) is 0 Å². The zero-order chi connectivity index (χ0) is 7.49. The Kier molecular flexibility index (Phi) is 17.5. The molecule has 0 aromatic carbocycles. The van der Waals surface area contributed by atoms with E-state index in [1.54, 1.807) is 6.92 Å². The fraction of sp³-hybridized carbons (Fsp3) is 1.00. The summed E-state index contributed by atoms with van der Waals surface area (Å²) in [6.07, 6.45) is -0.322. The second-order valence-corrected chi connectivity index (χ2v) is 7.79. The SMILES string of the molecule is C.C.C.CC(O)CO[Si](C)(C)C. The van der Waals surface area contributed by atoms with Crippen LogP contribution in [0.2, 0.25) is 19.6 Å². The van der Waals surface area contributed by atoms with Crippen molar-refractivity contribution in [3.8, 4) is 0 Å². The predicted octanol–water partition coefficient (Wildman–Crippen LogP) is 3.13. The van der Waals surface area contributed by atoms with Crippen LogP contribution in [0.1, 0.15) is 29.2 Å². The Morgan fingerprint density at radius 3 is 1.58 bits per heavy atom. The normalized spacial score (nSPS) is 11.8. The number of aliphatic hydroxyl groups is 1. The number of rotatable bonds is 3. The highest BCUT2D eigenvalue weighted by atomic mass is 28.4. The van der Waals surface area contributed by atoms with E-state index >= 15 is 0 Å². The molecule has 0 aliphatic carbocycles. The maximum atomic E-state index is 8.81. The molecule has 0 heterocycles. The monoisotopic (exact) mass is 196 g/mol. The number of aliphatic hydroxyl groups excluding tert-OH is 1. The van der Waals surface area contributed by atoms with Crippen LogP contribution in [-0.4, -0.2) is 26.1 Å². The third-order valence-corrected chi connectivity index (χ3v) is 1.79. The first kappa shape index (κ1) is 22.7. The maximum absolute atomic E-state index is 8.81. The van der Waals surface area contributed by atoms with Crippen molar-refractivity contribution in [1.82, 2.24) is 0 Å². The summed E-state index contributed by atoms with van der Waals surface area (Å²) in [5.41, 5.74) is 0. The van der Waals surface area contributed by atoms with Crippen LogP contribution in [0.25, 0.3) is 0 Å². The van der Waals surface area contributed by atoms with E-state index in [4.69, 9.17) is 9.53 Å². The van der Waals surface area contributed by atoms with Gasteiger partial charge in [-0.1, -0.05) is 22.3 Å². The second-order valence-electron chi connectivity index (χ2n) is 3.27. The molecule has 1 N–H and O–H groups in total. The summed E-state index contributed by atoms with van der Waals surface area (Å²) < 4.78 is 5.38. The van der Waals surface area contributed by atoms with Crippen molar-refractivity contribution in [1.29, 1.82) is 0 Å². The van der Waals surface area contributed by atoms with Gasteiger partial charge in [-0.2, -0.15) is 0 Å². The quantitative estimate of drug-likeness (QED) is 0.703. The zero-order valence-electron chi connectivity index (χ0n) is 6.64. The van der Waals surface area contributed by atoms with E-state index in [0.29, 0.717) is 6.61 Å². The highest BCUT2D eigenvalue weighted by Crippen LogP contribution is 2.02. The van der Waals surface area contributed by atoms with Gasteiger partial charge in [0.1, 0.15) is 0 Å². The minimum absolute atomic E-state index is 0. The molecule has 0 aromatic heterocycles. The third-order valence-electron chi connectivity index (χ3n) is 0.758. The van der Waals surface area contributed by atoms with E-state index in [-0.39, 0.29) is 28.4 Å². The highest BCUT2D eigenvalue weighted by Gasteiger charge is 2.14. The second kappa shape index (κ2) is 9.23. The molecular weight excluding hydrogens is 168 g/mol. The molecule has 0 amide bonds. The molecular formula is C9H28O2Si. The molecule has 0 fully saturated rings. The summed E-state index contributed by atoms with van der Waals surface area (Å²) >= 11 is 0. The van der Waals surface area contributed by atoms with Crippen LogP contribution < -0.4 is 0 Å². The Morgan fingerprint density at radius 1 is 1.17 bits per heavy atom. The fourth-order valence-electron chi connectivity index (χ4n) is 0.371. The summed E-state index contributed by atoms with van der Waals surface area (Å²) in [5.74, 6) is 0. The van der Waals surface area contributed by atoms with Crippen molar-refractivity contribution < 1.29 is 9.53 Å². The molecule has 0 bridgehead atoms. The Hall–Kier alpha value is 0.137. The largest absolute Gasteiger partial charge is 0.415 e. The number of hydrogen-bond acceptors (Lipinski definition) is 2. The summed E-state index contributed by atoms with van der Waals surface area (Å²) in [7, 11) is -1.38. The smallest absolute Gasteiger partial charge is 0.183 e. The molecule has 0 aliphatic heterocycles. The fourth-order valence-corrected chi connectivity index (χ4v) is 1.11. The standard InChI is InChI=1S/C6H16O2Si.3CH4/c1-6(7)5-8-9(2,3)4;;;/h6-7H,5H2,1-4H3;3*1H4. The van der Waals surface area contributed by atoms with Crippen molar-refractivity contribution in [3.05, 3.63) is 0 Å². The first-order valence-corrected chi connectivity index (χ1v) is 6.64. The molecule has 0 rings (SSSR count). The van der Waals surface area contributed by atoms with Crippen LogP contribution in [0.15, 0.2) is 0 Å². The highest BCUT2D eigenvalue weighted by molar-refractivity contribution is 6.69. The van der Waals surface area contributed by atoms with E-state index in [2.05, 4.69) is 19.6 Å². The molecule has 1 atom stereocenters. The topological polar surface area (TPSA) is 29.5 Å². The van der Waals surface area contributed by atoms with Gasteiger partial charge in [-0.05, 0) is 26.6 Å². The molecule has 80 valence electrons. The predicted molar refractivity (Wildman–Crippen MR) is 61.2 cm³/mol. The van der Waals surface area contributed by atoms with Gasteiger partial charge in [-0.25, -0.2) is 0 Å². The van der Waals surface area contributed by atoms with Gasteiger partial charge in [0.05, 0.1) is 12.7 Å². The van der Waals surface area contributed by atoms with Crippen LogP contribution >= 0.6 is 0 Å².